The van der Waals surface area contributed by atoms with E-state index in [0.717, 1.165) is 5.56 Å². The van der Waals surface area contributed by atoms with Crippen molar-refractivity contribution >= 4 is 15.7 Å². The van der Waals surface area contributed by atoms with Gasteiger partial charge in [-0.1, -0.05) is 0 Å². The first-order chi connectivity index (χ1) is 8.84. The first-order valence-corrected chi connectivity index (χ1v) is 7.18. The number of nitrogen functional groups attached to an aromatic ring is 1. The van der Waals surface area contributed by atoms with Crippen LogP contribution < -0.4 is 10.5 Å². The van der Waals surface area contributed by atoms with Crippen molar-refractivity contribution in [3.8, 4) is 5.75 Å². The van der Waals surface area contributed by atoms with E-state index in [0.29, 0.717) is 12.3 Å². The Morgan fingerprint density at radius 2 is 1.95 bits per heavy atom. The van der Waals surface area contributed by atoms with Gasteiger partial charge in [0, 0.05) is 26.4 Å². The second kappa shape index (κ2) is 6.23. The van der Waals surface area contributed by atoms with Gasteiger partial charge in [-0.05, 0) is 24.6 Å². The topological polar surface area (TPSA) is 81.9 Å². The van der Waals surface area contributed by atoms with Crippen LogP contribution in [0.5, 0.6) is 5.75 Å². The Balaban J connectivity index is 3.24. The van der Waals surface area contributed by atoms with Crippen LogP contribution in [0.25, 0.3) is 0 Å². The van der Waals surface area contributed by atoms with E-state index in [4.69, 9.17) is 15.2 Å². The van der Waals surface area contributed by atoms with Crippen LogP contribution in [0.2, 0.25) is 0 Å². The number of benzene rings is 1. The fourth-order valence-corrected chi connectivity index (χ4v) is 2.87. The summed E-state index contributed by atoms with van der Waals surface area (Å²) in [6, 6.07) is 3.04. The summed E-state index contributed by atoms with van der Waals surface area (Å²) in [4.78, 5) is 0.0664. The lowest BCUT2D eigenvalue weighted by Crippen LogP contribution is -2.30. The minimum absolute atomic E-state index is 0.0664. The maximum atomic E-state index is 12.4. The monoisotopic (exact) mass is 288 g/mol. The minimum Gasteiger partial charge on any atom is -0.495 e. The number of sulfonamides is 1. The van der Waals surface area contributed by atoms with Crippen molar-refractivity contribution in [3.63, 3.8) is 0 Å². The first-order valence-electron chi connectivity index (χ1n) is 5.74. The summed E-state index contributed by atoms with van der Waals surface area (Å²) in [6.07, 6.45) is 0. The highest BCUT2D eigenvalue weighted by Gasteiger charge is 2.25. The first kappa shape index (κ1) is 15.7. The Morgan fingerprint density at radius 3 is 2.47 bits per heavy atom. The molecule has 0 atom stereocenters. The molecular weight excluding hydrogens is 268 g/mol. The third-order valence-corrected chi connectivity index (χ3v) is 4.73. The Labute approximate surface area is 114 Å². The number of anilines is 1. The molecule has 0 amide bonds. The standard InChI is InChI=1S/C12H20N2O4S/c1-9-7-11(18-4)12(8-10(9)13)19(15,16)14(2)5-6-17-3/h7-8H,5-6,13H2,1-4H3. The summed E-state index contributed by atoms with van der Waals surface area (Å²) in [6.45, 7) is 2.37. The molecule has 0 saturated carbocycles. The number of nitrogens with zero attached hydrogens (tertiary/aromatic N) is 1. The zero-order valence-electron chi connectivity index (χ0n) is 11.6. The molecule has 0 aliphatic rings. The fraction of sp³-hybridized carbons (Fsp3) is 0.500. The number of aryl methyl sites for hydroxylation is 1. The van der Waals surface area contributed by atoms with Crippen LogP contribution in [0.1, 0.15) is 5.56 Å². The lowest BCUT2D eigenvalue weighted by atomic mass is 10.2. The average molecular weight is 288 g/mol. The molecule has 0 fully saturated rings. The zero-order chi connectivity index (χ0) is 14.6. The highest BCUT2D eigenvalue weighted by atomic mass is 32.2. The summed E-state index contributed by atoms with van der Waals surface area (Å²) < 4.78 is 36.1. The molecule has 0 spiro atoms. The van der Waals surface area contributed by atoms with Crippen LogP contribution >= 0.6 is 0 Å². The van der Waals surface area contributed by atoms with Gasteiger partial charge >= 0.3 is 0 Å². The van der Waals surface area contributed by atoms with E-state index in [2.05, 4.69) is 0 Å². The summed E-state index contributed by atoms with van der Waals surface area (Å²) in [5.41, 5.74) is 6.97. The molecule has 0 heterocycles. The van der Waals surface area contributed by atoms with Gasteiger partial charge in [0.15, 0.2) is 0 Å². The van der Waals surface area contributed by atoms with Gasteiger partial charge in [0.05, 0.1) is 13.7 Å². The molecule has 1 aromatic carbocycles. The molecule has 1 rings (SSSR count). The molecular formula is C12H20N2O4S. The molecule has 0 aromatic heterocycles. The van der Waals surface area contributed by atoms with E-state index in [1.54, 1.807) is 13.0 Å². The predicted octanol–water partition coefficient (Wildman–Crippen LogP) is 0.853. The highest BCUT2D eigenvalue weighted by molar-refractivity contribution is 7.89. The van der Waals surface area contributed by atoms with Gasteiger partial charge in [0.25, 0.3) is 0 Å². The molecule has 0 aliphatic carbocycles. The summed E-state index contributed by atoms with van der Waals surface area (Å²) in [7, 11) is 0.793. The molecule has 0 aliphatic heterocycles. The summed E-state index contributed by atoms with van der Waals surface area (Å²) in [5.74, 6) is 0.288. The van der Waals surface area contributed by atoms with Gasteiger partial charge in [0.2, 0.25) is 10.0 Å². The molecule has 6 nitrogen and oxygen atoms in total. The Hall–Kier alpha value is -1.31. The number of hydrogen-bond acceptors (Lipinski definition) is 5. The van der Waals surface area contributed by atoms with Crippen molar-refractivity contribution in [2.24, 2.45) is 0 Å². The van der Waals surface area contributed by atoms with Gasteiger partial charge in [0.1, 0.15) is 10.6 Å². The van der Waals surface area contributed by atoms with Crippen LogP contribution in [0.4, 0.5) is 5.69 Å². The Kier molecular flexibility index (Phi) is 5.16. The number of ether oxygens (including phenoxy) is 2. The second-order valence-corrected chi connectivity index (χ2v) is 6.19. The summed E-state index contributed by atoms with van der Waals surface area (Å²) in [5, 5.41) is 0. The van der Waals surface area contributed by atoms with Gasteiger partial charge < -0.3 is 15.2 Å². The lowest BCUT2D eigenvalue weighted by molar-refractivity contribution is 0.185. The molecule has 0 unspecified atom stereocenters. The van der Waals surface area contributed by atoms with Gasteiger partial charge in [-0.2, -0.15) is 4.31 Å². The number of methoxy groups -OCH3 is 2. The number of hydrogen-bond donors (Lipinski definition) is 1. The molecule has 0 saturated heterocycles. The van der Waals surface area contributed by atoms with E-state index in [1.165, 1.54) is 31.6 Å². The zero-order valence-corrected chi connectivity index (χ0v) is 12.5. The maximum Gasteiger partial charge on any atom is 0.246 e. The molecule has 0 bridgehead atoms. The third kappa shape index (κ3) is 3.37. The second-order valence-electron chi connectivity index (χ2n) is 4.18. The van der Waals surface area contributed by atoms with Crippen LogP contribution in [0.3, 0.4) is 0 Å². The lowest BCUT2D eigenvalue weighted by Gasteiger charge is -2.19. The molecule has 7 heteroatoms. The number of likely N-dealkylation sites (N-methyl/N-ethyl adjacent to an activating group) is 1. The fourth-order valence-electron chi connectivity index (χ4n) is 1.55. The normalized spacial score (nSPS) is 11.8. The molecule has 0 radical (unpaired) electrons. The van der Waals surface area contributed by atoms with Crippen LogP contribution in [0, 0.1) is 6.92 Å². The van der Waals surface area contributed by atoms with Gasteiger partial charge in [-0.15, -0.1) is 0 Å². The SMILES string of the molecule is COCCN(C)S(=O)(=O)c1cc(N)c(C)cc1OC. The smallest absolute Gasteiger partial charge is 0.246 e. The Bertz CT molecular complexity index is 543. The largest absolute Gasteiger partial charge is 0.495 e. The quantitative estimate of drug-likeness (QED) is 0.785. The highest BCUT2D eigenvalue weighted by Crippen LogP contribution is 2.30. The number of rotatable bonds is 6. The number of nitrogens with two attached hydrogens (primary N) is 1. The van der Waals surface area contributed by atoms with Gasteiger partial charge in [-0.25, -0.2) is 8.42 Å². The maximum absolute atomic E-state index is 12.4. The average Bonchev–Trinajstić information content (AvgIpc) is 2.38. The van der Waals surface area contributed by atoms with E-state index in [1.807, 2.05) is 0 Å². The molecule has 1 aromatic rings. The van der Waals surface area contributed by atoms with Crippen molar-refractivity contribution in [3.05, 3.63) is 17.7 Å². The van der Waals surface area contributed by atoms with Crippen LogP contribution in [0.15, 0.2) is 17.0 Å². The summed E-state index contributed by atoms with van der Waals surface area (Å²) >= 11 is 0. The van der Waals surface area contributed by atoms with Crippen LogP contribution in [-0.2, 0) is 14.8 Å². The van der Waals surface area contributed by atoms with Crippen molar-refractivity contribution in [1.29, 1.82) is 0 Å². The predicted molar refractivity (Wildman–Crippen MR) is 73.8 cm³/mol. The van der Waals surface area contributed by atoms with Gasteiger partial charge in [-0.3, -0.25) is 0 Å². The van der Waals surface area contributed by atoms with Crippen molar-refractivity contribution in [2.45, 2.75) is 11.8 Å². The molecule has 2 N–H and O–H groups in total. The van der Waals surface area contributed by atoms with Crippen molar-refractivity contribution in [1.82, 2.24) is 4.31 Å². The van der Waals surface area contributed by atoms with Crippen molar-refractivity contribution in [2.75, 3.05) is 40.2 Å². The van der Waals surface area contributed by atoms with E-state index >= 15 is 0 Å². The third-order valence-electron chi connectivity index (χ3n) is 2.85. The van der Waals surface area contributed by atoms with E-state index in [-0.39, 0.29) is 17.2 Å². The van der Waals surface area contributed by atoms with E-state index < -0.39 is 10.0 Å². The molecule has 108 valence electrons. The van der Waals surface area contributed by atoms with Crippen molar-refractivity contribution < 1.29 is 17.9 Å². The Morgan fingerprint density at radius 1 is 1.32 bits per heavy atom. The molecule has 19 heavy (non-hydrogen) atoms. The minimum atomic E-state index is -3.64. The van der Waals surface area contributed by atoms with E-state index in [9.17, 15) is 8.42 Å². The van der Waals surface area contributed by atoms with Crippen LogP contribution in [-0.4, -0.2) is 47.1 Å².